The van der Waals surface area contributed by atoms with E-state index in [-0.39, 0.29) is 11.8 Å². The Morgan fingerprint density at radius 2 is 1.68 bits per heavy atom. The number of halogens is 3. The second-order valence-corrected chi connectivity index (χ2v) is 11.0. The maximum absolute atomic E-state index is 12.5. The summed E-state index contributed by atoms with van der Waals surface area (Å²) in [6, 6.07) is 14.2. The van der Waals surface area contributed by atoms with Gasteiger partial charge < -0.3 is 19.5 Å². The summed E-state index contributed by atoms with van der Waals surface area (Å²) in [5.41, 5.74) is 1.74. The van der Waals surface area contributed by atoms with Crippen molar-refractivity contribution in [2.75, 3.05) is 36.4 Å². The quantitative estimate of drug-likeness (QED) is 0.334. The zero-order chi connectivity index (χ0) is 26.7. The molecule has 37 heavy (non-hydrogen) atoms. The Balaban J connectivity index is 1.35. The Kier molecular flexibility index (Phi) is 8.22. The summed E-state index contributed by atoms with van der Waals surface area (Å²) in [5, 5.41) is 4.20. The van der Waals surface area contributed by atoms with E-state index >= 15 is 0 Å². The first kappa shape index (κ1) is 27.1. The monoisotopic (exact) mass is 559 g/mol. The highest BCUT2D eigenvalue weighted by Gasteiger charge is 2.30. The van der Waals surface area contributed by atoms with Crippen LogP contribution in [0.2, 0.25) is 15.1 Å². The lowest BCUT2D eigenvalue weighted by atomic mass is 9.94. The highest BCUT2D eigenvalue weighted by atomic mass is 35.5. The van der Waals surface area contributed by atoms with Crippen molar-refractivity contribution in [3.63, 3.8) is 0 Å². The molecule has 0 aliphatic carbocycles. The first-order chi connectivity index (χ1) is 17.5. The second kappa shape index (κ2) is 11.2. The van der Waals surface area contributed by atoms with Crippen molar-refractivity contribution in [3.8, 4) is 11.3 Å². The highest BCUT2D eigenvalue weighted by Crippen LogP contribution is 2.34. The fourth-order valence-electron chi connectivity index (χ4n) is 4.09. The predicted octanol–water partition coefficient (Wildman–Crippen LogP) is 7.25. The normalized spacial score (nSPS) is 14.3. The molecule has 1 fully saturated rings. The van der Waals surface area contributed by atoms with Crippen LogP contribution in [0.5, 0.6) is 0 Å². The standard InChI is InChI=1S/C28H28Cl3N3O3/c1-28(2,3)27(36)34-15-13-33(14-16-34)23-10-7-18(17-22(23)30)32-25(35)12-9-19-8-11-24(37-19)20-5-4-6-21(29)26(20)31/h4-12,17H,13-16H2,1-3H3,(H,32,35)/b12-9+. The molecule has 1 saturated heterocycles. The van der Waals surface area contributed by atoms with E-state index in [1.807, 2.05) is 43.9 Å². The van der Waals surface area contributed by atoms with E-state index in [1.54, 1.807) is 36.4 Å². The number of piperazine rings is 1. The fraction of sp³-hybridized carbons (Fsp3) is 0.286. The first-order valence-corrected chi connectivity index (χ1v) is 13.0. The molecule has 4 rings (SSSR count). The van der Waals surface area contributed by atoms with Crippen LogP contribution in [0.25, 0.3) is 17.4 Å². The number of furan rings is 1. The molecule has 1 aromatic heterocycles. The maximum atomic E-state index is 12.5. The molecule has 194 valence electrons. The Morgan fingerprint density at radius 1 is 0.946 bits per heavy atom. The molecule has 2 heterocycles. The van der Waals surface area contributed by atoms with E-state index in [4.69, 9.17) is 39.2 Å². The Bertz CT molecular complexity index is 1340. The number of amides is 2. The third kappa shape index (κ3) is 6.50. The SMILES string of the molecule is CC(C)(C)C(=O)N1CCN(c2ccc(NC(=O)/C=C/c3ccc(-c4cccc(Cl)c4Cl)o3)cc2Cl)CC1. The van der Waals surface area contributed by atoms with Gasteiger partial charge in [0.15, 0.2) is 0 Å². The Hall–Kier alpha value is -2.93. The van der Waals surface area contributed by atoms with Gasteiger partial charge in [0, 0.05) is 48.9 Å². The van der Waals surface area contributed by atoms with Crippen molar-refractivity contribution in [1.82, 2.24) is 4.90 Å². The van der Waals surface area contributed by atoms with Crippen LogP contribution in [0, 0.1) is 5.41 Å². The van der Waals surface area contributed by atoms with Gasteiger partial charge in [0.2, 0.25) is 11.8 Å². The molecule has 9 heteroatoms. The average molecular weight is 561 g/mol. The van der Waals surface area contributed by atoms with Gasteiger partial charge in [-0.3, -0.25) is 9.59 Å². The van der Waals surface area contributed by atoms with Crippen LogP contribution >= 0.6 is 34.8 Å². The van der Waals surface area contributed by atoms with Crippen LogP contribution < -0.4 is 10.2 Å². The lowest BCUT2D eigenvalue weighted by molar-refractivity contribution is -0.139. The molecule has 0 saturated carbocycles. The van der Waals surface area contributed by atoms with Crippen LogP contribution in [-0.4, -0.2) is 42.9 Å². The number of rotatable bonds is 5. The van der Waals surface area contributed by atoms with Crippen molar-refractivity contribution < 1.29 is 14.0 Å². The van der Waals surface area contributed by atoms with Crippen LogP contribution in [0.4, 0.5) is 11.4 Å². The molecule has 0 atom stereocenters. The minimum atomic E-state index is -0.392. The van der Waals surface area contributed by atoms with Crippen LogP contribution in [0.15, 0.2) is 59.0 Å². The van der Waals surface area contributed by atoms with Gasteiger partial charge in [-0.1, -0.05) is 61.6 Å². The molecule has 0 bridgehead atoms. The minimum absolute atomic E-state index is 0.156. The van der Waals surface area contributed by atoms with E-state index in [0.29, 0.717) is 64.0 Å². The second-order valence-electron chi connectivity index (χ2n) is 9.82. The molecule has 0 unspecified atom stereocenters. The third-order valence-electron chi connectivity index (χ3n) is 6.01. The number of hydrogen-bond acceptors (Lipinski definition) is 4. The summed E-state index contributed by atoms with van der Waals surface area (Å²) < 4.78 is 5.79. The van der Waals surface area contributed by atoms with Gasteiger partial charge in [-0.15, -0.1) is 0 Å². The van der Waals surface area contributed by atoms with Gasteiger partial charge in [-0.05, 0) is 48.5 Å². The highest BCUT2D eigenvalue weighted by molar-refractivity contribution is 6.43. The number of carbonyl (C=O) groups excluding carboxylic acids is 2. The van der Waals surface area contributed by atoms with E-state index in [0.717, 1.165) is 5.69 Å². The number of nitrogens with one attached hydrogen (secondary N) is 1. The van der Waals surface area contributed by atoms with Gasteiger partial charge in [-0.2, -0.15) is 0 Å². The molecule has 1 aliphatic rings. The molecule has 1 N–H and O–H groups in total. The molecule has 0 radical (unpaired) electrons. The molecule has 3 aromatic rings. The molecule has 2 aromatic carbocycles. The van der Waals surface area contributed by atoms with Gasteiger partial charge in [0.1, 0.15) is 11.5 Å². The number of anilines is 2. The van der Waals surface area contributed by atoms with Gasteiger partial charge in [0.25, 0.3) is 0 Å². The maximum Gasteiger partial charge on any atom is 0.248 e. The number of hydrogen-bond donors (Lipinski definition) is 1. The first-order valence-electron chi connectivity index (χ1n) is 11.9. The number of nitrogens with zero attached hydrogens (tertiary/aromatic N) is 2. The van der Waals surface area contributed by atoms with E-state index in [9.17, 15) is 9.59 Å². The van der Waals surface area contributed by atoms with E-state index in [1.165, 1.54) is 6.08 Å². The predicted molar refractivity (Wildman–Crippen MR) is 152 cm³/mol. The average Bonchev–Trinajstić information content (AvgIpc) is 3.32. The molecule has 0 spiro atoms. The smallest absolute Gasteiger partial charge is 0.248 e. The molecular formula is C28H28Cl3N3O3. The Morgan fingerprint density at radius 3 is 2.35 bits per heavy atom. The van der Waals surface area contributed by atoms with Crippen molar-refractivity contribution in [2.45, 2.75) is 20.8 Å². The zero-order valence-electron chi connectivity index (χ0n) is 20.9. The van der Waals surface area contributed by atoms with E-state index < -0.39 is 5.41 Å². The topological polar surface area (TPSA) is 65.8 Å². The summed E-state index contributed by atoms with van der Waals surface area (Å²) in [4.78, 5) is 29.1. The molecular weight excluding hydrogens is 533 g/mol. The van der Waals surface area contributed by atoms with Gasteiger partial charge >= 0.3 is 0 Å². The van der Waals surface area contributed by atoms with Crippen LogP contribution in [0.3, 0.4) is 0 Å². The summed E-state index contributed by atoms with van der Waals surface area (Å²) >= 11 is 18.9. The van der Waals surface area contributed by atoms with Crippen molar-refractivity contribution >= 4 is 64.1 Å². The molecule has 2 amide bonds. The molecule has 6 nitrogen and oxygen atoms in total. The number of carbonyl (C=O) groups is 2. The van der Waals surface area contributed by atoms with Crippen molar-refractivity contribution in [3.05, 3.63) is 75.4 Å². The van der Waals surface area contributed by atoms with Gasteiger partial charge in [-0.25, -0.2) is 0 Å². The lowest BCUT2D eigenvalue weighted by Gasteiger charge is -2.39. The third-order valence-corrected chi connectivity index (χ3v) is 7.13. The summed E-state index contributed by atoms with van der Waals surface area (Å²) in [6.45, 7) is 8.49. The van der Waals surface area contributed by atoms with Crippen molar-refractivity contribution in [1.29, 1.82) is 0 Å². The lowest BCUT2D eigenvalue weighted by Crippen LogP contribution is -2.51. The largest absolute Gasteiger partial charge is 0.457 e. The fourth-order valence-corrected chi connectivity index (χ4v) is 4.78. The minimum Gasteiger partial charge on any atom is -0.457 e. The summed E-state index contributed by atoms with van der Waals surface area (Å²) in [5.74, 6) is 0.887. The molecule has 1 aliphatic heterocycles. The van der Waals surface area contributed by atoms with Gasteiger partial charge in [0.05, 0.1) is 20.8 Å². The Labute approximate surface area is 231 Å². The van der Waals surface area contributed by atoms with Crippen molar-refractivity contribution in [2.24, 2.45) is 5.41 Å². The summed E-state index contributed by atoms with van der Waals surface area (Å²) in [7, 11) is 0. The summed E-state index contributed by atoms with van der Waals surface area (Å²) in [6.07, 6.45) is 2.96. The number of benzene rings is 2. The van der Waals surface area contributed by atoms with E-state index in [2.05, 4.69) is 10.2 Å². The van der Waals surface area contributed by atoms with Crippen LogP contribution in [0.1, 0.15) is 26.5 Å². The zero-order valence-corrected chi connectivity index (χ0v) is 23.1. The van der Waals surface area contributed by atoms with Crippen LogP contribution in [-0.2, 0) is 9.59 Å².